The van der Waals surface area contributed by atoms with Crippen LogP contribution in [0, 0.1) is 5.92 Å². The normalized spacial score (nSPS) is 26.2. The van der Waals surface area contributed by atoms with Crippen LogP contribution in [0.25, 0.3) is 0 Å². The first-order chi connectivity index (χ1) is 11.7. The van der Waals surface area contributed by atoms with Crippen LogP contribution in [0.1, 0.15) is 36.0 Å². The van der Waals surface area contributed by atoms with E-state index in [9.17, 15) is 23.1 Å². The number of hydrogen-bond donors (Lipinski definition) is 1. The maximum atomic E-state index is 13.7. The van der Waals surface area contributed by atoms with Gasteiger partial charge in [-0.1, -0.05) is 6.42 Å². The Morgan fingerprint density at radius 3 is 2.48 bits per heavy atom. The fourth-order valence-electron chi connectivity index (χ4n) is 3.44. The number of hydrogen-bond acceptors (Lipinski definition) is 4. The van der Waals surface area contributed by atoms with E-state index in [-0.39, 0.29) is 22.7 Å². The molecule has 0 aromatic heterocycles. The lowest BCUT2D eigenvalue weighted by atomic mass is 9.80. The van der Waals surface area contributed by atoms with Crippen LogP contribution in [-0.2, 0) is 0 Å². The molecule has 5 nitrogen and oxygen atoms in total. The van der Waals surface area contributed by atoms with Crippen molar-refractivity contribution in [1.29, 1.82) is 0 Å². The summed E-state index contributed by atoms with van der Waals surface area (Å²) < 4.78 is 41.1. The maximum absolute atomic E-state index is 13.7. The number of anilines is 1. The molecule has 1 heterocycles. The summed E-state index contributed by atoms with van der Waals surface area (Å²) in [7, 11) is 3.63. The number of alkyl halides is 3. The predicted molar refractivity (Wildman–Crippen MR) is 87.3 cm³/mol. The fourth-order valence-corrected chi connectivity index (χ4v) is 3.44. The van der Waals surface area contributed by atoms with Gasteiger partial charge in [0.15, 0.2) is 0 Å². The van der Waals surface area contributed by atoms with Crippen molar-refractivity contribution in [3.05, 3.63) is 29.8 Å². The van der Waals surface area contributed by atoms with Gasteiger partial charge in [0.25, 0.3) is 11.6 Å². The quantitative estimate of drug-likeness (QED) is 0.887. The Bertz CT molecular complexity index is 700. The van der Waals surface area contributed by atoms with Gasteiger partial charge in [-0.3, -0.25) is 4.79 Å². The monoisotopic (exact) mass is 355 g/mol. The molecule has 1 aromatic carbocycles. The summed E-state index contributed by atoms with van der Waals surface area (Å²) in [6.45, 7) is 0. The molecule has 25 heavy (non-hydrogen) atoms. The van der Waals surface area contributed by atoms with Crippen LogP contribution in [0.2, 0.25) is 0 Å². The molecule has 1 aliphatic carbocycles. The highest BCUT2D eigenvalue weighted by Crippen LogP contribution is 2.48. The second-order valence-electron chi connectivity index (χ2n) is 6.67. The number of carbonyl (C=O) groups excluding carboxylic acids is 1. The molecule has 2 unspecified atom stereocenters. The number of halogens is 3. The average Bonchev–Trinajstić information content (AvgIpc) is 2.89. The lowest BCUT2D eigenvalue weighted by molar-refractivity contribution is -0.312. The van der Waals surface area contributed by atoms with Gasteiger partial charge < -0.3 is 10.0 Å². The van der Waals surface area contributed by atoms with E-state index < -0.39 is 23.7 Å². The summed E-state index contributed by atoms with van der Waals surface area (Å²) in [5, 5.41) is 14.6. The minimum absolute atomic E-state index is 0.0521. The molecule has 0 spiro atoms. The first kappa shape index (κ1) is 17.7. The first-order valence-electron chi connectivity index (χ1n) is 8.14. The third-order valence-corrected chi connectivity index (χ3v) is 4.86. The van der Waals surface area contributed by atoms with Gasteiger partial charge in [0, 0.05) is 31.1 Å². The molecule has 1 N–H and O–H groups in total. The van der Waals surface area contributed by atoms with Crippen LogP contribution in [0.15, 0.2) is 29.4 Å². The second-order valence-corrected chi connectivity index (χ2v) is 6.67. The van der Waals surface area contributed by atoms with Crippen LogP contribution in [0.4, 0.5) is 18.9 Å². The lowest BCUT2D eigenvalue weighted by Crippen LogP contribution is -2.61. The minimum Gasteiger partial charge on any atom is -0.378 e. The Morgan fingerprint density at radius 1 is 1.28 bits per heavy atom. The molecule has 1 aromatic rings. The Balaban J connectivity index is 1.98. The molecule has 0 bridgehead atoms. The Labute approximate surface area is 143 Å². The molecule has 2 aliphatic rings. The topological polar surface area (TPSA) is 56.1 Å². The van der Waals surface area contributed by atoms with Crippen LogP contribution in [-0.4, -0.2) is 47.7 Å². The van der Waals surface area contributed by atoms with E-state index >= 15 is 0 Å². The average molecular weight is 355 g/mol. The Morgan fingerprint density at radius 2 is 1.92 bits per heavy atom. The smallest absolute Gasteiger partial charge is 0.378 e. The second kappa shape index (κ2) is 6.01. The van der Waals surface area contributed by atoms with Gasteiger partial charge in [-0.25, -0.2) is 0 Å². The highest BCUT2D eigenvalue weighted by Gasteiger charge is 2.68. The molecule has 8 heteroatoms. The van der Waals surface area contributed by atoms with Crippen molar-refractivity contribution in [3.8, 4) is 0 Å². The molecule has 0 radical (unpaired) electrons. The Hall–Kier alpha value is -2.09. The summed E-state index contributed by atoms with van der Waals surface area (Å²) >= 11 is 0. The first-order valence-corrected chi connectivity index (χ1v) is 8.14. The standard InChI is InChI=1S/C17H20F3N3O2/c1-22(2)12-9-7-11(8-10-12)15(24)23-16(25,17(18,19)20)13-5-3-4-6-14(13)21-23/h7-10,13,25H,3-6H2,1-2H3. The fraction of sp³-hybridized carbons (Fsp3) is 0.529. The third kappa shape index (κ3) is 2.78. The zero-order chi connectivity index (χ0) is 18.4. The predicted octanol–water partition coefficient (Wildman–Crippen LogP) is 3.01. The van der Waals surface area contributed by atoms with E-state index in [4.69, 9.17) is 0 Å². The van der Waals surface area contributed by atoms with Gasteiger partial charge in [-0.2, -0.15) is 23.3 Å². The molecule has 2 atom stereocenters. The molecule has 3 rings (SSSR count). The van der Waals surface area contributed by atoms with Crippen molar-refractivity contribution in [3.63, 3.8) is 0 Å². The molecule has 0 saturated heterocycles. The van der Waals surface area contributed by atoms with Gasteiger partial charge in [0.05, 0.1) is 5.92 Å². The molecule has 136 valence electrons. The lowest BCUT2D eigenvalue weighted by Gasteiger charge is -2.38. The van der Waals surface area contributed by atoms with Crippen molar-refractivity contribution < 1.29 is 23.1 Å². The van der Waals surface area contributed by atoms with Crippen molar-refractivity contribution in [2.45, 2.75) is 37.6 Å². The summed E-state index contributed by atoms with van der Waals surface area (Å²) in [6.07, 6.45) is -3.17. The zero-order valence-corrected chi connectivity index (χ0v) is 14.0. The van der Waals surface area contributed by atoms with Crippen LogP contribution in [0.3, 0.4) is 0 Å². The highest BCUT2D eigenvalue weighted by molar-refractivity contribution is 5.99. The Kier molecular flexibility index (Phi) is 4.26. The zero-order valence-electron chi connectivity index (χ0n) is 14.0. The molecular weight excluding hydrogens is 335 g/mol. The van der Waals surface area contributed by atoms with E-state index in [1.54, 1.807) is 12.1 Å². The van der Waals surface area contributed by atoms with Gasteiger partial charge in [-0.05, 0) is 43.5 Å². The van der Waals surface area contributed by atoms with Gasteiger partial charge >= 0.3 is 6.18 Å². The molecule has 1 amide bonds. The number of amides is 1. The van der Waals surface area contributed by atoms with E-state index in [2.05, 4.69) is 5.10 Å². The van der Waals surface area contributed by atoms with Crippen molar-refractivity contribution in [1.82, 2.24) is 5.01 Å². The van der Waals surface area contributed by atoms with Gasteiger partial charge in [0.2, 0.25) is 0 Å². The molecule has 1 fully saturated rings. The number of rotatable bonds is 2. The maximum Gasteiger partial charge on any atom is 0.439 e. The highest BCUT2D eigenvalue weighted by atomic mass is 19.4. The largest absolute Gasteiger partial charge is 0.439 e. The molecule has 1 aliphatic heterocycles. The van der Waals surface area contributed by atoms with Gasteiger partial charge in [-0.15, -0.1) is 0 Å². The van der Waals surface area contributed by atoms with E-state index in [1.165, 1.54) is 12.1 Å². The summed E-state index contributed by atoms with van der Waals surface area (Å²) in [4.78, 5) is 14.5. The van der Waals surface area contributed by atoms with Gasteiger partial charge in [0.1, 0.15) is 0 Å². The number of benzene rings is 1. The SMILES string of the molecule is CN(C)c1ccc(C(=O)N2N=C3CCCCC3C2(O)C(F)(F)F)cc1. The van der Waals surface area contributed by atoms with E-state index in [1.807, 2.05) is 19.0 Å². The van der Waals surface area contributed by atoms with E-state index in [0.717, 1.165) is 5.69 Å². The summed E-state index contributed by atoms with van der Waals surface area (Å²) in [5.74, 6) is -2.14. The number of aliphatic hydroxyl groups is 1. The number of carbonyl (C=O) groups is 1. The van der Waals surface area contributed by atoms with Crippen molar-refractivity contribution in [2.24, 2.45) is 11.0 Å². The minimum atomic E-state index is -4.99. The summed E-state index contributed by atoms with van der Waals surface area (Å²) in [5.41, 5.74) is -2.16. The summed E-state index contributed by atoms with van der Waals surface area (Å²) in [6, 6.07) is 6.15. The molecular formula is C17H20F3N3O2. The number of fused-ring (bicyclic) bond motifs is 1. The molecule has 1 saturated carbocycles. The van der Waals surface area contributed by atoms with Crippen LogP contribution >= 0.6 is 0 Å². The number of hydrazone groups is 1. The van der Waals surface area contributed by atoms with Crippen LogP contribution < -0.4 is 4.90 Å². The van der Waals surface area contributed by atoms with E-state index in [0.29, 0.717) is 19.3 Å². The third-order valence-electron chi connectivity index (χ3n) is 4.86. The van der Waals surface area contributed by atoms with Crippen molar-refractivity contribution in [2.75, 3.05) is 19.0 Å². The van der Waals surface area contributed by atoms with Crippen LogP contribution in [0.5, 0.6) is 0 Å². The van der Waals surface area contributed by atoms with Crippen molar-refractivity contribution >= 4 is 17.3 Å². The number of nitrogens with zero attached hydrogens (tertiary/aromatic N) is 3.